The van der Waals surface area contributed by atoms with E-state index in [9.17, 15) is 0 Å². The normalized spacial score (nSPS) is 10.8. The van der Waals surface area contributed by atoms with Gasteiger partial charge < -0.3 is 9.73 Å². The fraction of sp³-hybridized carbons (Fsp3) is 0.400. The van der Waals surface area contributed by atoms with Crippen LogP contribution in [0.3, 0.4) is 0 Å². The molecule has 3 heteroatoms. The van der Waals surface area contributed by atoms with Crippen molar-refractivity contribution in [2.24, 2.45) is 0 Å². The Bertz CT molecular complexity index is 517. The van der Waals surface area contributed by atoms with Crippen LogP contribution in [0.1, 0.15) is 35.3 Å². The summed E-state index contributed by atoms with van der Waals surface area (Å²) in [5, 5.41) is 3.36. The number of rotatable bonds is 5. The third-order valence-electron chi connectivity index (χ3n) is 3.04. The molecule has 0 unspecified atom stereocenters. The van der Waals surface area contributed by atoms with E-state index >= 15 is 0 Å². The topological polar surface area (TPSA) is 38.1 Å². The molecule has 0 saturated heterocycles. The number of benzene rings is 1. The number of nitrogens with zero attached hydrogens (tertiary/aromatic N) is 1. The zero-order chi connectivity index (χ0) is 13.0. The fourth-order valence-corrected chi connectivity index (χ4v) is 1.94. The molecular weight excluding hydrogens is 224 g/mol. The van der Waals surface area contributed by atoms with Crippen molar-refractivity contribution in [2.75, 3.05) is 0 Å². The number of nitrogens with one attached hydrogen (secondary N) is 1. The molecule has 3 nitrogen and oxygen atoms in total. The highest BCUT2D eigenvalue weighted by Crippen LogP contribution is 2.10. The first-order valence-corrected chi connectivity index (χ1v) is 6.39. The third kappa shape index (κ3) is 3.20. The molecule has 0 aliphatic rings. The highest BCUT2D eigenvalue weighted by Gasteiger charge is 2.03. The molecule has 18 heavy (non-hydrogen) atoms. The van der Waals surface area contributed by atoms with E-state index in [0.29, 0.717) is 6.54 Å². The van der Waals surface area contributed by atoms with Gasteiger partial charge in [0.1, 0.15) is 5.76 Å². The van der Waals surface area contributed by atoms with Crippen molar-refractivity contribution in [2.45, 2.75) is 40.3 Å². The smallest absolute Gasteiger partial charge is 0.208 e. The predicted octanol–water partition coefficient (Wildman–Crippen LogP) is 3.14. The Kier molecular flexibility index (Phi) is 4.15. The van der Waals surface area contributed by atoms with Gasteiger partial charge in [0, 0.05) is 13.0 Å². The lowest BCUT2D eigenvalue weighted by molar-refractivity contribution is 0.439. The predicted molar refractivity (Wildman–Crippen MR) is 72.3 cm³/mol. The molecule has 0 bridgehead atoms. The summed E-state index contributed by atoms with van der Waals surface area (Å²) in [4.78, 5) is 4.23. The second kappa shape index (κ2) is 5.83. The van der Waals surface area contributed by atoms with Crippen LogP contribution in [0.15, 0.2) is 28.8 Å². The Morgan fingerprint density at radius 1 is 1.22 bits per heavy atom. The standard InChI is InChI=1S/C15H20N2O/c1-4-14-9-17-15(18-14)10-16-8-13-6-5-11(2)7-12(13)3/h5-7,9,16H,4,8,10H2,1-3H3. The van der Waals surface area contributed by atoms with Crippen molar-refractivity contribution in [3.05, 3.63) is 52.7 Å². The summed E-state index contributed by atoms with van der Waals surface area (Å²) in [5.41, 5.74) is 3.95. The molecule has 1 heterocycles. The third-order valence-corrected chi connectivity index (χ3v) is 3.04. The lowest BCUT2D eigenvalue weighted by Gasteiger charge is -2.07. The summed E-state index contributed by atoms with van der Waals surface area (Å²) in [6.07, 6.45) is 2.69. The van der Waals surface area contributed by atoms with Crippen LogP contribution in [-0.2, 0) is 19.5 Å². The highest BCUT2D eigenvalue weighted by atomic mass is 16.4. The number of hydrogen-bond acceptors (Lipinski definition) is 3. The van der Waals surface area contributed by atoms with E-state index in [-0.39, 0.29) is 0 Å². The Morgan fingerprint density at radius 3 is 2.72 bits per heavy atom. The van der Waals surface area contributed by atoms with E-state index in [1.165, 1.54) is 16.7 Å². The molecule has 0 amide bonds. The van der Waals surface area contributed by atoms with Crippen LogP contribution in [0.4, 0.5) is 0 Å². The highest BCUT2D eigenvalue weighted by molar-refractivity contribution is 5.30. The first-order valence-electron chi connectivity index (χ1n) is 6.39. The minimum atomic E-state index is 0.674. The number of hydrogen-bond donors (Lipinski definition) is 1. The Labute approximate surface area is 108 Å². The number of aryl methyl sites for hydroxylation is 3. The molecule has 0 aliphatic heterocycles. The van der Waals surface area contributed by atoms with Gasteiger partial charge in [-0.1, -0.05) is 30.7 Å². The average molecular weight is 244 g/mol. The number of aromatic nitrogens is 1. The Morgan fingerprint density at radius 2 is 2.06 bits per heavy atom. The van der Waals surface area contributed by atoms with Crippen LogP contribution >= 0.6 is 0 Å². The van der Waals surface area contributed by atoms with Crippen LogP contribution in [-0.4, -0.2) is 4.98 Å². The van der Waals surface area contributed by atoms with E-state index < -0.39 is 0 Å². The lowest BCUT2D eigenvalue weighted by Crippen LogP contribution is -2.13. The fourth-order valence-electron chi connectivity index (χ4n) is 1.94. The van der Waals surface area contributed by atoms with Gasteiger partial charge in [0.05, 0.1) is 12.7 Å². The van der Waals surface area contributed by atoms with Crippen molar-refractivity contribution < 1.29 is 4.42 Å². The monoisotopic (exact) mass is 244 g/mol. The van der Waals surface area contributed by atoms with E-state index in [1.54, 1.807) is 6.20 Å². The summed E-state index contributed by atoms with van der Waals surface area (Å²) >= 11 is 0. The molecule has 1 aromatic carbocycles. The number of oxazole rings is 1. The quantitative estimate of drug-likeness (QED) is 0.878. The van der Waals surface area contributed by atoms with E-state index in [2.05, 4.69) is 49.3 Å². The van der Waals surface area contributed by atoms with Gasteiger partial charge in [-0.25, -0.2) is 4.98 Å². The molecule has 0 spiro atoms. The molecule has 2 aromatic rings. The summed E-state index contributed by atoms with van der Waals surface area (Å²) < 4.78 is 5.55. The van der Waals surface area contributed by atoms with E-state index in [4.69, 9.17) is 4.42 Å². The maximum absolute atomic E-state index is 5.55. The minimum Gasteiger partial charge on any atom is -0.444 e. The SMILES string of the molecule is CCc1cnc(CNCc2ccc(C)cc2C)o1. The van der Waals surface area contributed by atoms with Crippen molar-refractivity contribution in [3.63, 3.8) is 0 Å². The molecule has 2 rings (SSSR count). The lowest BCUT2D eigenvalue weighted by atomic mass is 10.1. The second-order valence-electron chi connectivity index (χ2n) is 4.61. The van der Waals surface area contributed by atoms with Crippen LogP contribution in [0.25, 0.3) is 0 Å². The summed E-state index contributed by atoms with van der Waals surface area (Å²) in [6, 6.07) is 6.52. The van der Waals surface area contributed by atoms with Crippen LogP contribution < -0.4 is 5.32 Å². The summed E-state index contributed by atoms with van der Waals surface area (Å²) in [6.45, 7) is 7.84. The van der Waals surface area contributed by atoms with Crippen LogP contribution in [0.2, 0.25) is 0 Å². The first-order chi connectivity index (χ1) is 8.69. The first kappa shape index (κ1) is 12.8. The molecule has 1 N–H and O–H groups in total. The van der Waals surface area contributed by atoms with Crippen LogP contribution in [0.5, 0.6) is 0 Å². The van der Waals surface area contributed by atoms with Gasteiger partial charge in [0.25, 0.3) is 0 Å². The molecule has 0 atom stereocenters. The largest absolute Gasteiger partial charge is 0.444 e. The van der Waals surface area contributed by atoms with Gasteiger partial charge >= 0.3 is 0 Å². The van der Waals surface area contributed by atoms with Gasteiger partial charge in [-0.05, 0) is 25.0 Å². The molecule has 1 aromatic heterocycles. The maximum atomic E-state index is 5.55. The summed E-state index contributed by atoms with van der Waals surface area (Å²) in [7, 11) is 0. The van der Waals surface area contributed by atoms with Crippen molar-refractivity contribution in [1.82, 2.24) is 10.3 Å². The minimum absolute atomic E-state index is 0.674. The molecule has 0 radical (unpaired) electrons. The average Bonchev–Trinajstić information content (AvgIpc) is 2.80. The van der Waals surface area contributed by atoms with E-state index in [0.717, 1.165) is 24.6 Å². The van der Waals surface area contributed by atoms with Gasteiger partial charge in [-0.15, -0.1) is 0 Å². The molecular formula is C15H20N2O. The van der Waals surface area contributed by atoms with E-state index in [1.807, 2.05) is 0 Å². The van der Waals surface area contributed by atoms with Gasteiger partial charge in [0.15, 0.2) is 0 Å². The Balaban J connectivity index is 1.88. The molecule has 0 aliphatic carbocycles. The van der Waals surface area contributed by atoms with Gasteiger partial charge in [0.2, 0.25) is 5.89 Å². The molecule has 96 valence electrons. The van der Waals surface area contributed by atoms with Crippen molar-refractivity contribution in [3.8, 4) is 0 Å². The van der Waals surface area contributed by atoms with Crippen molar-refractivity contribution >= 4 is 0 Å². The zero-order valence-corrected chi connectivity index (χ0v) is 11.3. The van der Waals surface area contributed by atoms with Crippen LogP contribution in [0, 0.1) is 13.8 Å². The molecule has 0 fully saturated rings. The van der Waals surface area contributed by atoms with Crippen molar-refractivity contribution in [1.29, 1.82) is 0 Å². The second-order valence-corrected chi connectivity index (χ2v) is 4.61. The maximum Gasteiger partial charge on any atom is 0.208 e. The Hall–Kier alpha value is -1.61. The summed E-state index contributed by atoms with van der Waals surface area (Å²) in [5.74, 6) is 1.70. The van der Waals surface area contributed by atoms with Gasteiger partial charge in [-0.3, -0.25) is 0 Å². The zero-order valence-electron chi connectivity index (χ0n) is 11.3. The van der Waals surface area contributed by atoms with Gasteiger partial charge in [-0.2, -0.15) is 0 Å². The molecule has 0 saturated carbocycles.